The number of hydrogen-bond acceptors (Lipinski definition) is 2. The summed E-state index contributed by atoms with van der Waals surface area (Å²) < 4.78 is 40.6. The topological polar surface area (TPSA) is 71.3 Å². The van der Waals surface area contributed by atoms with E-state index in [9.17, 15) is 22.8 Å². The molecule has 0 aliphatic carbocycles. The standard InChI is InChI=1S/C12H14BrF3N2O3/c1-3-4-18-6-7(13)5-8(18)9(19)17-11(2,10(20)21)12(14,15)16/h5-6H,3-4H2,1-2H3,(H,17,19)(H,20,21). The second-order valence-electron chi connectivity index (χ2n) is 4.62. The van der Waals surface area contributed by atoms with E-state index >= 15 is 0 Å². The summed E-state index contributed by atoms with van der Waals surface area (Å²) in [4.78, 5) is 22.9. The van der Waals surface area contributed by atoms with E-state index in [1.165, 1.54) is 10.6 Å². The van der Waals surface area contributed by atoms with Crippen molar-refractivity contribution in [3.63, 3.8) is 0 Å². The highest BCUT2D eigenvalue weighted by molar-refractivity contribution is 9.10. The Morgan fingerprint density at radius 2 is 2.00 bits per heavy atom. The minimum absolute atomic E-state index is 0.0413. The molecule has 1 atom stereocenters. The summed E-state index contributed by atoms with van der Waals surface area (Å²) in [5.74, 6) is -3.27. The Hall–Kier alpha value is -1.51. The molecule has 0 saturated heterocycles. The average molecular weight is 371 g/mol. The number of carbonyl (C=O) groups is 2. The Morgan fingerprint density at radius 1 is 1.43 bits per heavy atom. The molecule has 1 rings (SSSR count). The van der Waals surface area contributed by atoms with Gasteiger partial charge in [-0.2, -0.15) is 13.2 Å². The highest BCUT2D eigenvalue weighted by Gasteiger charge is 2.58. The molecule has 0 fully saturated rings. The van der Waals surface area contributed by atoms with E-state index in [1.807, 2.05) is 6.92 Å². The molecule has 0 aliphatic rings. The van der Waals surface area contributed by atoms with Crippen molar-refractivity contribution in [3.8, 4) is 0 Å². The first-order chi connectivity index (χ1) is 9.52. The molecule has 0 aliphatic heterocycles. The third-order valence-electron chi connectivity index (χ3n) is 2.92. The smallest absolute Gasteiger partial charge is 0.422 e. The van der Waals surface area contributed by atoms with Crippen molar-refractivity contribution in [2.24, 2.45) is 0 Å². The average Bonchev–Trinajstić information content (AvgIpc) is 2.69. The van der Waals surface area contributed by atoms with Crippen LogP contribution in [0.5, 0.6) is 0 Å². The summed E-state index contributed by atoms with van der Waals surface area (Å²) in [5.41, 5.74) is -3.39. The summed E-state index contributed by atoms with van der Waals surface area (Å²) >= 11 is 3.13. The molecule has 0 spiro atoms. The summed E-state index contributed by atoms with van der Waals surface area (Å²) in [6.07, 6.45) is -2.91. The first-order valence-electron chi connectivity index (χ1n) is 6.01. The predicted octanol–water partition coefficient (Wildman–Crippen LogP) is 2.80. The van der Waals surface area contributed by atoms with Crippen LogP contribution in [0.4, 0.5) is 13.2 Å². The van der Waals surface area contributed by atoms with Gasteiger partial charge in [-0.1, -0.05) is 6.92 Å². The predicted molar refractivity (Wildman–Crippen MR) is 72.0 cm³/mol. The van der Waals surface area contributed by atoms with Crippen molar-refractivity contribution in [1.82, 2.24) is 9.88 Å². The molecular weight excluding hydrogens is 357 g/mol. The first kappa shape index (κ1) is 17.5. The van der Waals surface area contributed by atoms with Crippen molar-refractivity contribution in [3.05, 3.63) is 22.4 Å². The summed E-state index contributed by atoms with van der Waals surface area (Å²) in [5, 5.41) is 10.3. The number of aromatic nitrogens is 1. The zero-order valence-corrected chi connectivity index (χ0v) is 12.9. The second kappa shape index (κ2) is 6.08. The fourth-order valence-corrected chi connectivity index (χ4v) is 2.09. The van der Waals surface area contributed by atoms with E-state index < -0.39 is 23.6 Å². The minimum Gasteiger partial charge on any atom is -0.479 e. The lowest BCUT2D eigenvalue weighted by atomic mass is 10.0. The van der Waals surface area contributed by atoms with Crippen LogP contribution in [0.25, 0.3) is 0 Å². The molecule has 0 bridgehead atoms. The number of aryl methyl sites for hydroxylation is 1. The van der Waals surface area contributed by atoms with Gasteiger partial charge in [-0.15, -0.1) is 0 Å². The number of carboxylic acid groups (broad SMARTS) is 1. The number of hydrogen-bond donors (Lipinski definition) is 2. The molecule has 5 nitrogen and oxygen atoms in total. The van der Waals surface area contributed by atoms with Gasteiger partial charge < -0.3 is 15.0 Å². The van der Waals surface area contributed by atoms with Gasteiger partial charge in [-0.25, -0.2) is 4.79 Å². The second-order valence-corrected chi connectivity index (χ2v) is 5.53. The molecule has 1 aromatic heterocycles. The third-order valence-corrected chi connectivity index (χ3v) is 3.35. The van der Waals surface area contributed by atoms with Crippen LogP contribution in [0.1, 0.15) is 30.8 Å². The van der Waals surface area contributed by atoms with Crippen LogP contribution < -0.4 is 5.32 Å². The largest absolute Gasteiger partial charge is 0.479 e. The molecule has 0 aromatic carbocycles. The van der Waals surface area contributed by atoms with Gasteiger partial charge in [-0.05, 0) is 35.3 Å². The first-order valence-corrected chi connectivity index (χ1v) is 6.80. The number of nitrogens with zero attached hydrogens (tertiary/aromatic N) is 1. The van der Waals surface area contributed by atoms with E-state index in [1.54, 1.807) is 11.5 Å². The molecule has 118 valence electrons. The molecule has 21 heavy (non-hydrogen) atoms. The summed E-state index contributed by atoms with van der Waals surface area (Å²) in [7, 11) is 0. The Balaban J connectivity index is 3.12. The Labute approximate surface area is 127 Å². The van der Waals surface area contributed by atoms with Crippen molar-refractivity contribution in [1.29, 1.82) is 0 Å². The van der Waals surface area contributed by atoms with E-state index in [2.05, 4.69) is 15.9 Å². The Kier molecular flexibility index (Phi) is 5.08. The quantitative estimate of drug-likeness (QED) is 0.836. The van der Waals surface area contributed by atoms with Gasteiger partial charge in [0.15, 0.2) is 0 Å². The summed E-state index contributed by atoms with van der Waals surface area (Å²) in [6, 6.07) is 1.34. The van der Waals surface area contributed by atoms with Gasteiger partial charge in [0.25, 0.3) is 5.91 Å². The summed E-state index contributed by atoms with van der Waals surface area (Å²) in [6.45, 7) is 2.67. The van der Waals surface area contributed by atoms with E-state index in [0.717, 1.165) is 0 Å². The Morgan fingerprint density at radius 3 is 2.43 bits per heavy atom. The molecule has 1 aromatic rings. The van der Waals surface area contributed by atoms with Gasteiger partial charge in [0.1, 0.15) is 5.69 Å². The van der Waals surface area contributed by atoms with Crippen LogP contribution in [-0.2, 0) is 11.3 Å². The molecule has 0 saturated carbocycles. The van der Waals surface area contributed by atoms with Crippen LogP contribution in [-0.4, -0.2) is 33.3 Å². The van der Waals surface area contributed by atoms with Crippen LogP contribution in [0.15, 0.2) is 16.7 Å². The van der Waals surface area contributed by atoms with Crippen molar-refractivity contribution >= 4 is 27.8 Å². The van der Waals surface area contributed by atoms with E-state index in [0.29, 0.717) is 24.4 Å². The lowest BCUT2D eigenvalue weighted by Gasteiger charge is -2.28. The molecule has 1 amide bonds. The maximum Gasteiger partial charge on any atom is 0.422 e. The highest BCUT2D eigenvalue weighted by atomic mass is 79.9. The zero-order chi connectivity index (χ0) is 16.4. The molecule has 1 heterocycles. The number of carbonyl (C=O) groups excluding carboxylic acids is 1. The maximum absolute atomic E-state index is 12.9. The number of aliphatic carboxylic acids is 1. The van der Waals surface area contributed by atoms with Gasteiger partial charge in [0, 0.05) is 17.2 Å². The van der Waals surface area contributed by atoms with Crippen LogP contribution >= 0.6 is 15.9 Å². The van der Waals surface area contributed by atoms with Crippen molar-refractivity contribution in [2.75, 3.05) is 0 Å². The number of rotatable bonds is 5. The number of amides is 1. The van der Waals surface area contributed by atoms with Gasteiger partial charge in [-0.3, -0.25) is 4.79 Å². The van der Waals surface area contributed by atoms with Gasteiger partial charge >= 0.3 is 12.1 Å². The van der Waals surface area contributed by atoms with Crippen molar-refractivity contribution in [2.45, 2.75) is 38.5 Å². The zero-order valence-electron chi connectivity index (χ0n) is 11.3. The molecule has 0 radical (unpaired) electrons. The number of nitrogens with one attached hydrogen (secondary N) is 1. The van der Waals surface area contributed by atoms with E-state index in [-0.39, 0.29) is 5.69 Å². The van der Waals surface area contributed by atoms with Gasteiger partial charge in [0.2, 0.25) is 5.54 Å². The number of alkyl halides is 3. The van der Waals surface area contributed by atoms with E-state index in [4.69, 9.17) is 5.11 Å². The molecular formula is C12H14BrF3N2O3. The highest BCUT2D eigenvalue weighted by Crippen LogP contribution is 2.31. The monoisotopic (exact) mass is 370 g/mol. The molecule has 2 N–H and O–H groups in total. The SMILES string of the molecule is CCCn1cc(Br)cc1C(=O)NC(C)(C(=O)O)C(F)(F)F. The van der Waals surface area contributed by atoms with Gasteiger partial charge in [0.05, 0.1) is 0 Å². The minimum atomic E-state index is -5.12. The fraction of sp³-hybridized carbons (Fsp3) is 0.500. The van der Waals surface area contributed by atoms with Crippen LogP contribution in [0.2, 0.25) is 0 Å². The third kappa shape index (κ3) is 3.58. The number of halogens is 4. The molecule has 9 heteroatoms. The lowest BCUT2D eigenvalue weighted by Crippen LogP contribution is -2.62. The normalized spacial score (nSPS) is 14.6. The molecule has 1 unspecified atom stereocenters. The van der Waals surface area contributed by atoms with Crippen LogP contribution in [0, 0.1) is 0 Å². The number of carboxylic acids is 1. The lowest BCUT2D eigenvalue weighted by molar-refractivity contribution is -0.203. The van der Waals surface area contributed by atoms with Crippen LogP contribution in [0.3, 0.4) is 0 Å². The van der Waals surface area contributed by atoms with Crippen molar-refractivity contribution < 1.29 is 27.9 Å². The fourth-order valence-electron chi connectivity index (χ4n) is 1.63. The maximum atomic E-state index is 12.9. The Bertz CT molecular complexity index is 556.